The SMILES string of the molecule is Cc1cccc(/C=C(\NC(=O)c2ccccc2)C(=O)Nc2ccc(C(=O)/C=C/c3cccnc3)cc2)c1. The Kier molecular flexibility index (Phi) is 8.14. The van der Waals surface area contributed by atoms with Crippen LogP contribution in [-0.4, -0.2) is 22.6 Å². The maximum atomic E-state index is 13.2. The number of anilines is 1. The van der Waals surface area contributed by atoms with Gasteiger partial charge in [0, 0.05) is 29.2 Å². The zero-order chi connectivity index (χ0) is 26.0. The normalized spacial score (nSPS) is 11.2. The molecule has 0 saturated heterocycles. The molecule has 0 aliphatic carbocycles. The van der Waals surface area contributed by atoms with E-state index >= 15 is 0 Å². The van der Waals surface area contributed by atoms with E-state index in [9.17, 15) is 14.4 Å². The summed E-state index contributed by atoms with van der Waals surface area (Å²) in [6.45, 7) is 1.95. The van der Waals surface area contributed by atoms with Crippen molar-refractivity contribution in [1.82, 2.24) is 10.3 Å². The molecule has 2 N–H and O–H groups in total. The Bertz CT molecular complexity index is 1460. The standard InChI is InChI=1S/C31H25N3O3/c1-22-7-5-8-24(19-22)20-28(34-30(36)26-10-3-2-4-11-26)31(37)33-27-15-13-25(14-16-27)29(35)17-12-23-9-6-18-32-21-23/h2-21H,1H3,(H,33,37)(H,34,36)/b17-12+,28-20-. The van der Waals surface area contributed by atoms with Gasteiger partial charge in [-0.1, -0.05) is 54.1 Å². The van der Waals surface area contributed by atoms with E-state index in [1.165, 1.54) is 6.08 Å². The van der Waals surface area contributed by atoms with Gasteiger partial charge >= 0.3 is 0 Å². The predicted molar refractivity (Wildman–Crippen MR) is 146 cm³/mol. The molecule has 0 unspecified atom stereocenters. The molecule has 0 spiro atoms. The number of pyridine rings is 1. The maximum absolute atomic E-state index is 13.2. The van der Waals surface area contributed by atoms with Crippen molar-refractivity contribution in [3.05, 3.63) is 143 Å². The van der Waals surface area contributed by atoms with Gasteiger partial charge in [0.15, 0.2) is 5.78 Å². The number of aryl methyl sites for hydroxylation is 1. The molecular formula is C31H25N3O3. The van der Waals surface area contributed by atoms with Crippen molar-refractivity contribution in [3.63, 3.8) is 0 Å². The van der Waals surface area contributed by atoms with Gasteiger partial charge in [-0.05, 0) is 78.7 Å². The van der Waals surface area contributed by atoms with Gasteiger partial charge in [0.2, 0.25) is 0 Å². The maximum Gasteiger partial charge on any atom is 0.272 e. The van der Waals surface area contributed by atoms with E-state index in [4.69, 9.17) is 0 Å². The van der Waals surface area contributed by atoms with E-state index in [-0.39, 0.29) is 11.5 Å². The zero-order valence-electron chi connectivity index (χ0n) is 20.2. The van der Waals surface area contributed by atoms with Crippen molar-refractivity contribution in [1.29, 1.82) is 0 Å². The number of rotatable bonds is 8. The number of nitrogens with zero attached hydrogens (tertiary/aromatic N) is 1. The van der Waals surface area contributed by atoms with Crippen molar-refractivity contribution in [2.75, 3.05) is 5.32 Å². The van der Waals surface area contributed by atoms with E-state index in [2.05, 4.69) is 15.6 Å². The summed E-state index contributed by atoms with van der Waals surface area (Å²) in [5.74, 6) is -1.05. The van der Waals surface area contributed by atoms with Crippen molar-refractivity contribution in [2.24, 2.45) is 0 Å². The van der Waals surface area contributed by atoms with Crippen LogP contribution >= 0.6 is 0 Å². The van der Waals surface area contributed by atoms with Crippen LogP contribution in [-0.2, 0) is 4.79 Å². The third-order valence-electron chi connectivity index (χ3n) is 5.42. The van der Waals surface area contributed by atoms with E-state index in [0.29, 0.717) is 16.8 Å². The summed E-state index contributed by atoms with van der Waals surface area (Å²) in [6, 6.07) is 26.5. The number of aromatic nitrogens is 1. The van der Waals surface area contributed by atoms with Crippen LogP contribution in [0.15, 0.2) is 115 Å². The molecule has 0 fully saturated rings. The molecular weight excluding hydrogens is 462 g/mol. The molecule has 2 amide bonds. The number of amides is 2. The van der Waals surface area contributed by atoms with Gasteiger partial charge in [0.05, 0.1) is 0 Å². The quantitative estimate of drug-likeness (QED) is 0.247. The fraction of sp³-hybridized carbons (Fsp3) is 0.0323. The molecule has 0 bridgehead atoms. The molecule has 0 radical (unpaired) electrons. The lowest BCUT2D eigenvalue weighted by atomic mass is 10.1. The van der Waals surface area contributed by atoms with Crippen molar-refractivity contribution in [3.8, 4) is 0 Å². The van der Waals surface area contributed by atoms with Crippen LogP contribution in [0, 0.1) is 6.92 Å². The summed E-state index contributed by atoms with van der Waals surface area (Å²) in [6.07, 6.45) is 8.14. The largest absolute Gasteiger partial charge is 0.321 e. The summed E-state index contributed by atoms with van der Waals surface area (Å²) >= 11 is 0. The van der Waals surface area contributed by atoms with Crippen LogP contribution in [0.25, 0.3) is 12.2 Å². The van der Waals surface area contributed by atoms with Crippen LogP contribution in [0.1, 0.15) is 37.4 Å². The van der Waals surface area contributed by atoms with Crippen LogP contribution < -0.4 is 10.6 Å². The first-order chi connectivity index (χ1) is 18.0. The second-order valence-electron chi connectivity index (χ2n) is 8.31. The molecule has 0 saturated carbocycles. The predicted octanol–water partition coefficient (Wildman–Crippen LogP) is 5.70. The molecule has 6 heteroatoms. The number of carbonyl (C=O) groups excluding carboxylic acids is 3. The summed E-state index contributed by atoms with van der Waals surface area (Å²) in [5.41, 5.74) is 4.13. The molecule has 0 atom stereocenters. The molecule has 182 valence electrons. The molecule has 37 heavy (non-hydrogen) atoms. The van der Waals surface area contributed by atoms with Gasteiger partial charge in [-0.2, -0.15) is 0 Å². The minimum atomic E-state index is -0.485. The third-order valence-corrected chi connectivity index (χ3v) is 5.42. The zero-order valence-corrected chi connectivity index (χ0v) is 20.2. The second-order valence-corrected chi connectivity index (χ2v) is 8.31. The van der Waals surface area contributed by atoms with Crippen molar-refractivity contribution in [2.45, 2.75) is 6.92 Å². The summed E-state index contributed by atoms with van der Waals surface area (Å²) < 4.78 is 0. The number of hydrogen-bond donors (Lipinski definition) is 2. The Hall–Kier alpha value is -5.10. The van der Waals surface area contributed by atoms with Crippen LogP contribution in [0.2, 0.25) is 0 Å². The Morgan fingerprint density at radius 3 is 2.24 bits per heavy atom. The minimum absolute atomic E-state index is 0.0963. The van der Waals surface area contributed by atoms with Gasteiger partial charge < -0.3 is 10.6 Å². The Balaban J connectivity index is 1.50. The number of allylic oxidation sites excluding steroid dienone is 1. The fourth-order valence-corrected chi connectivity index (χ4v) is 3.53. The van der Waals surface area contributed by atoms with E-state index in [1.54, 1.807) is 79.1 Å². The van der Waals surface area contributed by atoms with Crippen LogP contribution in [0.3, 0.4) is 0 Å². The summed E-state index contributed by atoms with van der Waals surface area (Å²) in [4.78, 5) is 42.5. The Morgan fingerprint density at radius 1 is 0.784 bits per heavy atom. The lowest BCUT2D eigenvalue weighted by Gasteiger charge is -2.12. The van der Waals surface area contributed by atoms with Crippen molar-refractivity contribution >= 4 is 35.4 Å². The Morgan fingerprint density at radius 2 is 1.54 bits per heavy atom. The van der Waals surface area contributed by atoms with E-state index < -0.39 is 11.8 Å². The molecule has 4 aromatic rings. The Labute approximate surface area is 215 Å². The van der Waals surface area contributed by atoms with Crippen LogP contribution in [0.4, 0.5) is 5.69 Å². The van der Waals surface area contributed by atoms with Gasteiger partial charge in [-0.25, -0.2) is 0 Å². The highest BCUT2D eigenvalue weighted by atomic mass is 16.2. The molecule has 4 rings (SSSR count). The van der Waals surface area contributed by atoms with Crippen LogP contribution in [0.5, 0.6) is 0 Å². The van der Waals surface area contributed by atoms with Gasteiger partial charge in [0.25, 0.3) is 11.8 Å². The monoisotopic (exact) mass is 487 g/mol. The first-order valence-electron chi connectivity index (χ1n) is 11.7. The highest BCUT2D eigenvalue weighted by Crippen LogP contribution is 2.15. The summed E-state index contributed by atoms with van der Waals surface area (Å²) in [7, 11) is 0. The number of hydrogen-bond acceptors (Lipinski definition) is 4. The van der Waals surface area contributed by atoms with Crippen molar-refractivity contribution < 1.29 is 14.4 Å². The van der Waals surface area contributed by atoms with E-state index in [1.807, 2.05) is 43.3 Å². The third kappa shape index (κ3) is 7.19. The van der Waals surface area contributed by atoms with E-state index in [0.717, 1.165) is 16.7 Å². The molecule has 0 aliphatic rings. The molecule has 0 aliphatic heterocycles. The number of ketones is 1. The lowest BCUT2D eigenvalue weighted by molar-refractivity contribution is -0.113. The number of nitrogens with one attached hydrogen (secondary N) is 2. The molecule has 3 aromatic carbocycles. The van der Waals surface area contributed by atoms with Gasteiger partial charge in [-0.3, -0.25) is 19.4 Å². The van der Waals surface area contributed by atoms with Gasteiger partial charge in [0.1, 0.15) is 5.70 Å². The highest BCUT2D eigenvalue weighted by molar-refractivity contribution is 6.11. The molecule has 1 heterocycles. The molecule has 6 nitrogen and oxygen atoms in total. The number of benzene rings is 3. The fourth-order valence-electron chi connectivity index (χ4n) is 3.53. The minimum Gasteiger partial charge on any atom is -0.321 e. The topological polar surface area (TPSA) is 88.2 Å². The highest BCUT2D eigenvalue weighted by Gasteiger charge is 2.15. The lowest BCUT2D eigenvalue weighted by Crippen LogP contribution is -2.30. The number of carbonyl (C=O) groups is 3. The molecule has 1 aromatic heterocycles. The first kappa shape index (κ1) is 25.0. The second kappa shape index (κ2) is 12.0. The average molecular weight is 488 g/mol. The average Bonchev–Trinajstić information content (AvgIpc) is 2.93. The first-order valence-corrected chi connectivity index (χ1v) is 11.7. The summed E-state index contributed by atoms with van der Waals surface area (Å²) in [5, 5.41) is 5.52. The smallest absolute Gasteiger partial charge is 0.272 e. The van der Waals surface area contributed by atoms with Gasteiger partial charge in [-0.15, -0.1) is 0 Å².